The molecular formula is C33H37N3O8. The molecule has 0 atom stereocenters. The highest BCUT2D eigenvalue weighted by Crippen LogP contribution is 2.23. The molecule has 0 aliphatic heterocycles. The van der Waals surface area contributed by atoms with E-state index >= 15 is 0 Å². The van der Waals surface area contributed by atoms with Crippen LogP contribution in [0.3, 0.4) is 0 Å². The van der Waals surface area contributed by atoms with Crippen molar-refractivity contribution < 1.29 is 38.6 Å². The summed E-state index contributed by atoms with van der Waals surface area (Å²) in [4.78, 5) is 59.8. The fourth-order valence-corrected chi connectivity index (χ4v) is 4.49. The van der Waals surface area contributed by atoms with Crippen molar-refractivity contribution in [2.24, 2.45) is 5.73 Å². The summed E-state index contributed by atoms with van der Waals surface area (Å²) in [5.41, 5.74) is 9.30. The van der Waals surface area contributed by atoms with Gasteiger partial charge >= 0.3 is 18.0 Å². The van der Waals surface area contributed by atoms with Crippen molar-refractivity contribution in [3.05, 3.63) is 100 Å². The van der Waals surface area contributed by atoms with Crippen molar-refractivity contribution in [1.82, 2.24) is 5.32 Å². The number of hydrogen-bond donors (Lipinski definition) is 3. The summed E-state index contributed by atoms with van der Waals surface area (Å²) in [5.74, 6) is -2.61. The summed E-state index contributed by atoms with van der Waals surface area (Å²) in [7, 11) is 1.25. The SMILES string of the molecule is COC(=O)c1ccc(N(CC(=O)O)C(=O)c2cccc(CNC(=O)OC(C)(C)C)c2)cc1.NC(=O)c1ccc2c(c1)CCC2. The molecule has 1 aliphatic carbocycles. The fourth-order valence-electron chi connectivity index (χ4n) is 4.49. The Kier molecular flexibility index (Phi) is 11.2. The molecular weight excluding hydrogens is 566 g/mol. The number of aryl methyl sites for hydroxylation is 2. The van der Waals surface area contributed by atoms with Gasteiger partial charge in [-0.1, -0.05) is 18.2 Å². The van der Waals surface area contributed by atoms with Crippen LogP contribution in [0.5, 0.6) is 0 Å². The molecule has 0 fully saturated rings. The molecule has 3 aromatic rings. The number of amides is 3. The lowest BCUT2D eigenvalue weighted by molar-refractivity contribution is -0.135. The standard InChI is InChI=1S/C23H26N2O7.C10H11NO/c1-23(2,3)32-22(30)24-13-15-6-5-7-17(12-15)20(28)25(14-19(26)27)18-10-8-16(9-11-18)21(29)31-4;11-10(12)9-5-4-7-2-1-3-8(7)6-9/h5-12H,13-14H2,1-4H3,(H,24,30)(H,26,27);4-6H,1-3H2,(H2,11,12). The number of carbonyl (C=O) groups excluding carboxylic acids is 4. The minimum absolute atomic E-state index is 0.128. The smallest absolute Gasteiger partial charge is 0.407 e. The first-order chi connectivity index (χ1) is 20.8. The first-order valence-electron chi connectivity index (χ1n) is 14.0. The Morgan fingerprint density at radius 3 is 2.16 bits per heavy atom. The molecule has 4 rings (SSSR count). The van der Waals surface area contributed by atoms with E-state index in [2.05, 4.69) is 10.1 Å². The van der Waals surface area contributed by atoms with E-state index in [0.717, 1.165) is 17.7 Å². The van der Waals surface area contributed by atoms with Gasteiger partial charge in [-0.05, 0) is 105 Å². The molecule has 0 aromatic heterocycles. The van der Waals surface area contributed by atoms with Crippen molar-refractivity contribution in [1.29, 1.82) is 0 Å². The number of primary amides is 1. The van der Waals surface area contributed by atoms with Gasteiger partial charge in [0.2, 0.25) is 5.91 Å². The molecule has 0 radical (unpaired) electrons. The zero-order chi connectivity index (χ0) is 32.4. The van der Waals surface area contributed by atoms with Gasteiger partial charge in [0.1, 0.15) is 12.1 Å². The number of carboxylic acids is 1. The van der Waals surface area contributed by atoms with E-state index in [0.29, 0.717) is 16.8 Å². The Bertz CT molecular complexity index is 1530. The largest absolute Gasteiger partial charge is 0.480 e. The van der Waals surface area contributed by atoms with Crippen LogP contribution in [0.4, 0.5) is 10.5 Å². The first kappa shape index (κ1) is 33.3. The highest BCUT2D eigenvalue weighted by atomic mass is 16.6. The number of fused-ring (bicyclic) bond motifs is 1. The van der Waals surface area contributed by atoms with Crippen LogP contribution in [-0.4, -0.2) is 54.2 Å². The van der Waals surface area contributed by atoms with Crippen LogP contribution in [0.25, 0.3) is 0 Å². The van der Waals surface area contributed by atoms with Crippen LogP contribution in [0.2, 0.25) is 0 Å². The second kappa shape index (κ2) is 14.8. The number of aliphatic carboxylic acids is 1. The van der Waals surface area contributed by atoms with Crippen molar-refractivity contribution in [3.8, 4) is 0 Å². The van der Waals surface area contributed by atoms with E-state index in [9.17, 15) is 29.1 Å². The lowest BCUT2D eigenvalue weighted by Crippen LogP contribution is -2.36. The summed E-state index contributed by atoms with van der Waals surface area (Å²) >= 11 is 0. The molecule has 44 heavy (non-hydrogen) atoms. The summed E-state index contributed by atoms with van der Waals surface area (Å²) in [6, 6.07) is 18.1. The number of ether oxygens (including phenoxy) is 2. The highest BCUT2D eigenvalue weighted by molar-refractivity contribution is 6.08. The van der Waals surface area contributed by atoms with E-state index in [1.807, 2.05) is 18.2 Å². The van der Waals surface area contributed by atoms with Crippen LogP contribution in [0.15, 0.2) is 66.7 Å². The second-order valence-electron chi connectivity index (χ2n) is 11.1. The first-order valence-corrected chi connectivity index (χ1v) is 14.0. The maximum Gasteiger partial charge on any atom is 0.407 e. The molecule has 11 heteroatoms. The minimum Gasteiger partial charge on any atom is -0.480 e. The van der Waals surface area contributed by atoms with Gasteiger partial charge in [-0.3, -0.25) is 19.3 Å². The number of alkyl carbamates (subject to hydrolysis) is 1. The van der Waals surface area contributed by atoms with Gasteiger partial charge in [-0.2, -0.15) is 0 Å². The average molecular weight is 604 g/mol. The van der Waals surface area contributed by atoms with Crippen molar-refractivity contribution in [3.63, 3.8) is 0 Å². The van der Waals surface area contributed by atoms with Gasteiger partial charge < -0.3 is 25.6 Å². The molecule has 3 aromatic carbocycles. The second-order valence-corrected chi connectivity index (χ2v) is 11.1. The number of hydrogen-bond acceptors (Lipinski definition) is 7. The Labute approximate surface area is 255 Å². The van der Waals surface area contributed by atoms with Crippen LogP contribution < -0.4 is 16.0 Å². The Morgan fingerprint density at radius 2 is 1.55 bits per heavy atom. The Hall–Kier alpha value is -5.19. The maximum atomic E-state index is 13.1. The summed E-state index contributed by atoms with van der Waals surface area (Å²) in [6.45, 7) is 4.81. The number of anilines is 1. The van der Waals surface area contributed by atoms with Gasteiger partial charge in [0, 0.05) is 23.4 Å². The van der Waals surface area contributed by atoms with E-state index in [1.54, 1.807) is 45.0 Å². The number of esters is 1. The number of methoxy groups -OCH3 is 1. The molecule has 1 aliphatic rings. The number of nitrogens with two attached hydrogens (primary N) is 1. The maximum absolute atomic E-state index is 13.1. The predicted octanol–water partition coefficient (Wildman–Crippen LogP) is 4.50. The van der Waals surface area contributed by atoms with Gasteiger partial charge in [0.05, 0.1) is 12.7 Å². The van der Waals surface area contributed by atoms with E-state index in [4.69, 9.17) is 10.5 Å². The highest BCUT2D eigenvalue weighted by Gasteiger charge is 2.22. The number of nitrogens with zero attached hydrogens (tertiary/aromatic N) is 1. The fraction of sp³-hybridized carbons (Fsp3) is 0.303. The molecule has 232 valence electrons. The number of nitrogens with one attached hydrogen (secondary N) is 1. The zero-order valence-electron chi connectivity index (χ0n) is 25.2. The topological polar surface area (TPSA) is 165 Å². The Morgan fingerprint density at radius 1 is 0.886 bits per heavy atom. The molecule has 4 N–H and O–H groups in total. The quantitative estimate of drug-likeness (QED) is 0.317. The third-order valence-electron chi connectivity index (χ3n) is 6.53. The lowest BCUT2D eigenvalue weighted by Gasteiger charge is -2.22. The number of benzene rings is 3. The normalized spacial score (nSPS) is 11.7. The van der Waals surface area contributed by atoms with Crippen LogP contribution >= 0.6 is 0 Å². The van der Waals surface area contributed by atoms with Gasteiger partial charge in [-0.25, -0.2) is 9.59 Å². The summed E-state index contributed by atoms with van der Waals surface area (Å²) in [6.07, 6.45) is 2.86. The monoisotopic (exact) mass is 603 g/mol. The van der Waals surface area contributed by atoms with E-state index in [1.165, 1.54) is 48.9 Å². The molecule has 0 saturated carbocycles. The molecule has 11 nitrogen and oxygen atoms in total. The summed E-state index contributed by atoms with van der Waals surface area (Å²) < 4.78 is 9.83. The van der Waals surface area contributed by atoms with Crippen molar-refractivity contribution in [2.45, 2.75) is 52.2 Å². The van der Waals surface area contributed by atoms with Gasteiger partial charge in [-0.15, -0.1) is 0 Å². The van der Waals surface area contributed by atoms with E-state index < -0.39 is 36.1 Å². The predicted molar refractivity (Wildman–Crippen MR) is 164 cm³/mol. The van der Waals surface area contributed by atoms with Crippen LogP contribution in [0, 0.1) is 0 Å². The van der Waals surface area contributed by atoms with Crippen LogP contribution in [-0.2, 0) is 33.7 Å². The third-order valence-corrected chi connectivity index (χ3v) is 6.53. The van der Waals surface area contributed by atoms with Crippen LogP contribution in [0.1, 0.15) is 75.0 Å². The van der Waals surface area contributed by atoms with Gasteiger partial charge in [0.15, 0.2) is 0 Å². The molecule has 0 saturated heterocycles. The molecule has 0 bridgehead atoms. The zero-order valence-corrected chi connectivity index (χ0v) is 25.2. The number of rotatable bonds is 8. The number of carboxylic acid groups (broad SMARTS) is 1. The molecule has 0 spiro atoms. The lowest BCUT2D eigenvalue weighted by atomic mass is 10.1. The summed E-state index contributed by atoms with van der Waals surface area (Å²) in [5, 5.41) is 11.9. The molecule has 0 heterocycles. The average Bonchev–Trinajstić information content (AvgIpc) is 3.46. The van der Waals surface area contributed by atoms with Crippen molar-refractivity contribution in [2.75, 3.05) is 18.6 Å². The van der Waals surface area contributed by atoms with E-state index in [-0.39, 0.29) is 23.6 Å². The number of carbonyl (C=O) groups is 5. The van der Waals surface area contributed by atoms with Crippen molar-refractivity contribution >= 4 is 35.5 Å². The minimum atomic E-state index is -1.20. The van der Waals surface area contributed by atoms with Gasteiger partial charge in [0.25, 0.3) is 5.91 Å². The molecule has 3 amide bonds. The molecule has 0 unspecified atom stereocenters. The third kappa shape index (κ3) is 9.69. The Balaban J connectivity index is 0.000000363.